The van der Waals surface area contributed by atoms with Crippen molar-refractivity contribution >= 4 is 29.3 Å². The monoisotopic (exact) mass is 416 g/mol. The van der Waals surface area contributed by atoms with Crippen LogP contribution in [0.2, 0.25) is 0 Å². The van der Waals surface area contributed by atoms with Gasteiger partial charge in [-0.05, 0) is 31.4 Å². The lowest BCUT2D eigenvalue weighted by Crippen LogP contribution is -2.52. The number of rotatable bonds is 2. The molecule has 2 aromatic rings. The first-order valence-electron chi connectivity index (χ1n) is 9.83. The molecule has 4 rings (SSSR count). The highest BCUT2D eigenvalue weighted by Crippen LogP contribution is 2.23. The predicted octanol–water partition coefficient (Wildman–Crippen LogP) is 0.939. The summed E-state index contributed by atoms with van der Waals surface area (Å²) in [6.45, 7) is 1.61. The Bertz CT molecular complexity index is 981. The summed E-state index contributed by atoms with van der Waals surface area (Å²) in [5.41, 5.74) is 0.0806. The highest BCUT2D eigenvalue weighted by Gasteiger charge is 2.38. The highest BCUT2D eigenvalue weighted by molar-refractivity contribution is 5.93. The summed E-state index contributed by atoms with van der Waals surface area (Å²) in [7, 11) is 0. The van der Waals surface area contributed by atoms with Crippen molar-refractivity contribution in [2.75, 3.05) is 26.2 Å². The molecule has 2 atom stereocenters. The van der Waals surface area contributed by atoms with Crippen LogP contribution in [0.25, 0.3) is 11.0 Å². The van der Waals surface area contributed by atoms with Gasteiger partial charge in [-0.25, -0.2) is 0 Å². The van der Waals surface area contributed by atoms with Crippen molar-refractivity contribution in [3.05, 3.63) is 46.3 Å². The van der Waals surface area contributed by atoms with Crippen LogP contribution in [-0.2, 0) is 9.59 Å². The second-order valence-electron chi connectivity index (χ2n) is 7.32. The van der Waals surface area contributed by atoms with Crippen molar-refractivity contribution in [3.63, 3.8) is 0 Å². The summed E-state index contributed by atoms with van der Waals surface area (Å²) in [5.74, 6) is -1.20. The van der Waals surface area contributed by atoms with Crippen LogP contribution in [0, 0.1) is 5.92 Å². The third-order valence-electron chi connectivity index (χ3n) is 5.44. The number of hydrogen-bond acceptors (Lipinski definition) is 6. The van der Waals surface area contributed by atoms with Crippen molar-refractivity contribution in [1.29, 1.82) is 0 Å². The number of amides is 2. The summed E-state index contributed by atoms with van der Waals surface area (Å²) < 4.78 is 5.63. The van der Waals surface area contributed by atoms with Gasteiger partial charge in [0, 0.05) is 32.2 Å². The summed E-state index contributed by atoms with van der Waals surface area (Å²) in [5, 5.41) is 17.6. The van der Waals surface area contributed by atoms with Gasteiger partial charge >= 0.3 is 0 Å². The SMILES string of the molecule is O=C(c1cc(=O)c2ccccc2o1)N1CC[C@@H](O)[C@@H](C(=O)N2CCCC2)C1.O=CO. The van der Waals surface area contributed by atoms with Crippen LogP contribution in [0.3, 0.4) is 0 Å². The minimum atomic E-state index is -0.759. The van der Waals surface area contributed by atoms with Gasteiger partial charge in [-0.3, -0.25) is 19.2 Å². The Kier molecular flexibility index (Phi) is 6.83. The Morgan fingerprint density at radius 1 is 1.10 bits per heavy atom. The van der Waals surface area contributed by atoms with Crippen molar-refractivity contribution in [1.82, 2.24) is 9.80 Å². The third-order valence-corrected chi connectivity index (χ3v) is 5.44. The molecule has 2 aliphatic heterocycles. The van der Waals surface area contributed by atoms with Gasteiger partial charge in [0.15, 0.2) is 11.2 Å². The molecular weight excluding hydrogens is 392 g/mol. The molecule has 2 saturated heterocycles. The first kappa shape index (κ1) is 21.5. The van der Waals surface area contributed by atoms with E-state index in [9.17, 15) is 19.5 Å². The molecule has 0 aliphatic carbocycles. The van der Waals surface area contributed by atoms with E-state index >= 15 is 0 Å². The maximum absolute atomic E-state index is 12.9. The van der Waals surface area contributed by atoms with E-state index in [0.29, 0.717) is 37.0 Å². The van der Waals surface area contributed by atoms with Crippen LogP contribution in [0.1, 0.15) is 29.8 Å². The Labute approximate surface area is 172 Å². The lowest BCUT2D eigenvalue weighted by molar-refractivity contribution is -0.140. The number of likely N-dealkylation sites (tertiary alicyclic amines) is 2. The van der Waals surface area contributed by atoms with Crippen LogP contribution in [-0.4, -0.2) is 70.6 Å². The normalized spacial score (nSPS) is 21.1. The van der Waals surface area contributed by atoms with Crippen molar-refractivity contribution in [3.8, 4) is 0 Å². The average molecular weight is 416 g/mol. The first-order chi connectivity index (χ1) is 14.5. The minimum absolute atomic E-state index is 0.0394. The van der Waals surface area contributed by atoms with Gasteiger partial charge in [-0.15, -0.1) is 0 Å². The lowest BCUT2D eigenvalue weighted by atomic mass is 9.93. The maximum atomic E-state index is 12.9. The van der Waals surface area contributed by atoms with Crippen LogP contribution in [0.5, 0.6) is 0 Å². The number of carbonyl (C=O) groups is 3. The van der Waals surface area contributed by atoms with Crippen LogP contribution in [0.15, 0.2) is 39.5 Å². The largest absolute Gasteiger partial charge is 0.483 e. The number of carbonyl (C=O) groups excluding carboxylic acids is 2. The minimum Gasteiger partial charge on any atom is -0.483 e. The van der Waals surface area contributed by atoms with Gasteiger partial charge in [-0.1, -0.05) is 12.1 Å². The molecule has 9 heteroatoms. The molecule has 1 aromatic heterocycles. The molecule has 0 saturated carbocycles. The fourth-order valence-corrected chi connectivity index (χ4v) is 3.90. The van der Waals surface area contributed by atoms with Gasteiger partial charge in [0.1, 0.15) is 5.58 Å². The molecule has 1 aromatic carbocycles. The topological polar surface area (TPSA) is 128 Å². The number of para-hydroxylation sites is 1. The fraction of sp³-hybridized carbons (Fsp3) is 0.429. The number of fused-ring (bicyclic) bond motifs is 1. The molecule has 2 aliphatic rings. The molecule has 0 spiro atoms. The van der Waals surface area contributed by atoms with E-state index in [1.54, 1.807) is 29.2 Å². The van der Waals surface area contributed by atoms with Crippen LogP contribution in [0.4, 0.5) is 0 Å². The number of nitrogens with zero attached hydrogens (tertiary/aromatic N) is 2. The van der Waals surface area contributed by atoms with Crippen LogP contribution < -0.4 is 5.43 Å². The zero-order valence-corrected chi connectivity index (χ0v) is 16.4. The van der Waals surface area contributed by atoms with E-state index < -0.39 is 17.9 Å². The third kappa shape index (κ3) is 4.51. The summed E-state index contributed by atoms with van der Waals surface area (Å²) >= 11 is 0. The number of hydrogen-bond donors (Lipinski definition) is 2. The van der Waals surface area contributed by atoms with Crippen molar-refractivity contribution in [2.45, 2.75) is 25.4 Å². The first-order valence-corrected chi connectivity index (χ1v) is 9.83. The number of carboxylic acid groups (broad SMARTS) is 1. The van der Waals surface area contributed by atoms with Crippen LogP contribution >= 0.6 is 0 Å². The van der Waals surface area contributed by atoms with Gasteiger partial charge in [-0.2, -0.15) is 0 Å². The second-order valence-corrected chi connectivity index (χ2v) is 7.32. The highest BCUT2D eigenvalue weighted by atomic mass is 16.3. The van der Waals surface area contributed by atoms with E-state index in [1.165, 1.54) is 11.0 Å². The van der Waals surface area contributed by atoms with E-state index in [1.807, 2.05) is 0 Å². The number of aliphatic hydroxyl groups is 1. The van der Waals surface area contributed by atoms with E-state index in [0.717, 1.165) is 12.8 Å². The Morgan fingerprint density at radius 2 is 1.77 bits per heavy atom. The number of aliphatic hydroxyl groups excluding tert-OH is 1. The molecule has 9 nitrogen and oxygen atoms in total. The number of benzene rings is 1. The molecule has 0 radical (unpaired) electrons. The molecule has 0 bridgehead atoms. The summed E-state index contributed by atoms with van der Waals surface area (Å²) in [4.78, 5) is 49.5. The van der Waals surface area contributed by atoms with Crippen molar-refractivity contribution in [2.24, 2.45) is 5.92 Å². The zero-order chi connectivity index (χ0) is 21.7. The quantitative estimate of drug-likeness (QED) is 0.697. The molecule has 2 amide bonds. The standard InChI is InChI=1S/C20H22N2O5.CH2O2/c23-15-7-10-22(12-14(15)19(25)21-8-3-4-9-21)20(26)18-11-16(24)13-5-1-2-6-17(13)27-18;2-1-3/h1-2,5-6,11,14-15,23H,3-4,7-10,12H2;1H,(H,2,3)/t14-,15+;/m0./s1. The van der Waals surface area contributed by atoms with Gasteiger partial charge in [0.2, 0.25) is 5.91 Å². The Balaban J connectivity index is 0.000000806. The molecule has 0 unspecified atom stereocenters. The van der Waals surface area contributed by atoms with Crippen molar-refractivity contribution < 1.29 is 29.0 Å². The Morgan fingerprint density at radius 3 is 2.47 bits per heavy atom. The van der Waals surface area contributed by atoms with Gasteiger partial charge in [0.25, 0.3) is 12.4 Å². The smallest absolute Gasteiger partial charge is 0.290 e. The van der Waals surface area contributed by atoms with E-state index in [-0.39, 0.29) is 30.1 Å². The predicted molar refractivity (Wildman–Crippen MR) is 107 cm³/mol. The lowest BCUT2D eigenvalue weighted by Gasteiger charge is -2.36. The van der Waals surface area contributed by atoms with E-state index in [2.05, 4.69) is 0 Å². The molecular formula is C21H24N2O7. The van der Waals surface area contributed by atoms with Gasteiger partial charge < -0.3 is 24.4 Å². The molecule has 30 heavy (non-hydrogen) atoms. The summed E-state index contributed by atoms with van der Waals surface area (Å²) in [6, 6.07) is 7.97. The molecule has 2 N–H and O–H groups in total. The zero-order valence-electron chi connectivity index (χ0n) is 16.4. The molecule has 160 valence electrons. The average Bonchev–Trinajstić information content (AvgIpc) is 3.29. The fourth-order valence-electron chi connectivity index (χ4n) is 3.90. The molecule has 2 fully saturated rings. The Hall–Kier alpha value is -3.20. The van der Waals surface area contributed by atoms with Gasteiger partial charge in [0.05, 0.1) is 17.4 Å². The maximum Gasteiger partial charge on any atom is 0.290 e. The van der Waals surface area contributed by atoms with E-state index in [4.69, 9.17) is 14.3 Å². The summed E-state index contributed by atoms with van der Waals surface area (Å²) in [6.07, 6.45) is 1.51. The number of piperidine rings is 1. The second kappa shape index (κ2) is 9.53. The molecule has 3 heterocycles.